The second-order valence-electron chi connectivity index (χ2n) is 6.49. The van der Waals surface area contributed by atoms with Gasteiger partial charge in [0.25, 0.3) is 5.91 Å². The van der Waals surface area contributed by atoms with Crippen molar-refractivity contribution in [2.24, 2.45) is 5.92 Å². The molecular weight excluding hydrogens is 334 g/mol. The first-order chi connectivity index (χ1) is 12.5. The fraction of sp³-hybridized carbons (Fsp3) is 0.421. The number of methoxy groups -OCH3 is 1. The van der Waals surface area contributed by atoms with Gasteiger partial charge in [-0.2, -0.15) is 5.10 Å². The van der Waals surface area contributed by atoms with Crippen LogP contribution in [0.2, 0.25) is 0 Å². The fourth-order valence-corrected chi connectivity index (χ4v) is 3.63. The van der Waals surface area contributed by atoms with Gasteiger partial charge in [-0.25, -0.2) is 0 Å². The molecule has 0 bridgehead atoms. The Bertz CT molecular complexity index is 830. The summed E-state index contributed by atoms with van der Waals surface area (Å²) < 4.78 is 7.05. The largest absolute Gasteiger partial charge is 0.496 e. The van der Waals surface area contributed by atoms with Crippen LogP contribution in [0.1, 0.15) is 34.6 Å². The number of aromatic nitrogens is 2. The highest BCUT2D eigenvalue weighted by molar-refractivity contribution is 5.93. The Balaban J connectivity index is 1.92. The second kappa shape index (κ2) is 7.19. The van der Waals surface area contributed by atoms with Gasteiger partial charge in [-0.05, 0) is 31.5 Å². The van der Waals surface area contributed by atoms with Crippen molar-refractivity contribution in [3.05, 3.63) is 47.3 Å². The number of hydrogen-bond donors (Lipinski definition) is 1. The van der Waals surface area contributed by atoms with Crippen LogP contribution in [0.15, 0.2) is 30.3 Å². The Hall–Kier alpha value is -2.83. The quantitative estimate of drug-likeness (QED) is 0.886. The van der Waals surface area contributed by atoms with Crippen molar-refractivity contribution in [2.75, 3.05) is 20.2 Å². The highest BCUT2D eigenvalue weighted by Gasteiger charge is 2.42. The first-order valence-electron chi connectivity index (χ1n) is 8.65. The summed E-state index contributed by atoms with van der Waals surface area (Å²) in [5, 5.41) is 14.0. The van der Waals surface area contributed by atoms with Gasteiger partial charge in [0.1, 0.15) is 11.4 Å². The Kier molecular flexibility index (Phi) is 4.97. The van der Waals surface area contributed by atoms with Crippen LogP contribution in [0.25, 0.3) is 0 Å². The number of likely N-dealkylation sites (tertiary alicyclic amines) is 1. The van der Waals surface area contributed by atoms with Crippen molar-refractivity contribution in [3.63, 3.8) is 0 Å². The molecule has 1 aliphatic heterocycles. The minimum atomic E-state index is -0.906. The first-order valence-corrected chi connectivity index (χ1v) is 8.65. The number of aliphatic carboxylic acids is 1. The average molecular weight is 357 g/mol. The molecule has 1 aromatic heterocycles. The van der Waals surface area contributed by atoms with E-state index in [4.69, 9.17) is 4.74 Å². The van der Waals surface area contributed by atoms with E-state index in [9.17, 15) is 14.7 Å². The molecule has 138 valence electrons. The van der Waals surface area contributed by atoms with Crippen LogP contribution < -0.4 is 4.74 Å². The zero-order chi connectivity index (χ0) is 18.8. The maximum atomic E-state index is 13.0. The van der Waals surface area contributed by atoms with Crippen LogP contribution in [-0.4, -0.2) is 51.9 Å². The number of carboxylic acids is 1. The summed E-state index contributed by atoms with van der Waals surface area (Å²) in [4.78, 5) is 26.4. The Morgan fingerprint density at radius 3 is 2.69 bits per heavy atom. The summed E-state index contributed by atoms with van der Waals surface area (Å²) in [6.07, 6.45) is 0. The van der Waals surface area contributed by atoms with E-state index in [0.29, 0.717) is 24.5 Å². The summed E-state index contributed by atoms with van der Waals surface area (Å²) in [6, 6.07) is 9.13. The lowest BCUT2D eigenvalue weighted by molar-refractivity contribution is -0.141. The van der Waals surface area contributed by atoms with Crippen LogP contribution in [-0.2, 0) is 11.3 Å². The standard InChI is InChI=1S/C19H23N3O4/c1-4-22-16(9-12(2)20-22)18(23)21-10-14(15(11-21)19(24)25)13-7-5-6-8-17(13)26-3/h5-9,14-15H,4,10-11H2,1-3H3,(H,24,25)/t14-,15+/m1/s1. The molecule has 0 radical (unpaired) electrons. The third kappa shape index (κ3) is 3.16. The third-order valence-corrected chi connectivity index (χ3v) is 4.88. The van der Waals surface area contributed by atoms with E-state index < -0.39 is 11.9 Å². The zero-order valence-electron chi connectivity index (χ0n) is 15.2. The molecule has 7 nitrogen and oxygen atoms in total. The minimum absolute atomic E-state index is 0.171. The topological polar surface area (TPSA) is 84.7 Å². The van der Waals surface area contributed by atoms with Gasteiger partial charge < -0.3 is 14.7 Å². The summed E-state index contributed by atoms with van der Waals surface area (Å²) in [6.45, 7) is 4.85. The maximum Gasteiger partial charge on any atom is 0.308 e. The molecule has 0 unspecified atom stereocenters. The van der Waals surface area contributed by atoms with Crippen LogP contribution in [0.4, 0.5) is 0 Å². The molecular formula is C19H23N3O4. The lowest BCUT2D eigenvalue weighted by Crippen LogP contribution is -2.31. The molecule has 1 amide bonds. The van der Waals surface area contributed by atoms with Gasteiger partial charge >= 0.3 is 5.97 Å². The van der Waals surface area contributed by atoms with E-state index in [1.165, 1.54) is 0 Å². The third-order valence-electron chi connectivity index (χ3n) is 4.88. The van der Waals surface area contributed by atoms with E-state index in [1.54, 1.807) is 22.8 Å². The molecule has 2 aromatic rings. The summed E-state index contributed by atoms with van der Waals surface area (Å²) in [5.74, 6) is -1.43. The molecule has 3 rings (SSSR count). The molecule has 1 N–H and O–H groups in total. The number of rotatable bonds is 5. The Morgan fingerprint density at radius 2 is 2.04 bits per heavy atom. The fourth-order valence-electron chi connectivity index (χ4n) is 3.63. The number of hydrogen-bond acceptors (Lipinski definition) is 4. The van der Waals surface area contributed by atoms with Gasteiger partial charge in [0, 0.05) is 25.6 Å². The molecule has 2 atom stereocenters. The SMILES string of the molecule is CCn1nc(C)cc1C(=O)N1C[C@H](C(=O)O)[C@@H](c2ccccc2OC)C1. The number of para-hydroxylation sites is 1. The van der Waals surface area contributed by atoms with Crippen molar-refractivity contribution < 1.29 is 19.4 Å². The van der Waals surface area contributed by atoms with E-state index in [2.05, 4.69) is 5.10 Å². The minimum Gasteiger partial charge on any atom is -0.496 e. The number of aryl methyl sites for hydroxylation is 2. The number of benzene rings is 1. The molecule has 0 saturated carbocycles. The normalized spacial score (nSPS) is 19.6. The predicted molar refractivity (Wildman–Crippen MR) is 95.4 cm³/mol. The molecule has 1 aromatic carbocycles. The second-order valence-corrected chi connectivity index (χ2v) is 6.49. The zero-order valence-corrected chi connectivity index (χ0v) is 15.2. The summed E-state index contributed by atoms with van der Waals surface area (Å²) >= 11 is 0. The first kappa shape index (κ1) is 18.0. The molecule has 1 fully saturated rings. The average Bonchev–Trinajstić information content (AvgIpc) is 3.24. The maximum absolute atomic E-state index is 13.0. The summed E-state index contributed by atoms with van der Waals surface area (Å²) in [5.41, 5.74) is 2.08. The molecule has 2 heterocycles. The summed E-state index contributed by atoms with van der Waals surface area (Å²) in [7, 11) is 1.56. The molecule has 26 heavy (non-hydrogen) atoms. The molecule has 0 aliphatic carbocycles. The van der Waals surface area contributed by atoms with E-state index in [0.717, 1.165) is 11.3 Å². The molecule has 1 saturated heterocycles. The number of carboxylic acid groups (broad SMARTS) is 1. The molecule has 1 aliphatic rings. The van der Waals surface area contributed by atoms with Gasteiger partial charge in [-0.15, -0.1) is 0 Å². The van der Waals surface area contributed by atoms with Gasteiger partial charge in [0.15, 0.2) is 0 Å². The van der Waals surface area contributed by atoms with Crippen LogP contribution in [0.5, 0.6) is 5.75 Å². The number of amides is 1. The Labute approximate surface area is 152 Å². The highest BCUT2D eigenvalue weighted by Crippen LogP contribution is 2.38. The predicted octanol–water partition coefficient (Wildman–Crippen LogP) is 2.16. The van der Waals surface area contributed by atoms with Crippen LogP contribution >= 0.6 is 0 Å². The van der Waals surface area contributed by atoms with Gasteiger partial charge in [0.05, 0.1) is 18.7 Å². The number of ether oxygens (including phenoxy) is 1. The monoisotopic (exact) mass is 357 g/mol. The smallest absolute Gasteiger partial charge is 0.308 e. The number of nitrogens with zero attached hydrogens (tertiary/aromatic N) is 3. The van der Waals surface area contributed by atoms with Crippen LogP contribution in [0, 0.1) is 12.8 Å². The van der Waals surface area contributed by atoms with Crippen LogP contribution in [0.3, 0.4) is 0 Å². The highest BCUT2D eigenvalue weighted by atomic mass is 16.5. The number of carbonyl (C=O) groups is 2. The van der Waals surface area contributed by atoms with Gasteiger partial charge in [-0.1, -0.05) is 18.2 Å². The molecule has 7 heteroatoms. The lowest BCUT2D eigenvalue weighted by Gasteiger charge is -2.18. The Morgan fingerprint density at radius 1 is 1.31 bits per heavy atom. The number of carbonyl (C=O) groups excluding carboxylic acids is 1. The van der Waals surface area contributed by atoms with E-state index >= 15 is 0 Å². The van der Waals surface area contributed by atoms with E-state index in [-0.39, 0.29) is 18.4 Å². The van der Waals surface area contributed by atoms with Crippen molar-refractivity contribution in [1.82, 2.24) is 14.7 Å². The van der Waals surface area contributed by atoms with Crippen molar-refractivity contribution in [2.45, 2.75) is 26.3 Å². The molecule has 0 spiro atoms. The van der Waals surface area contributed by atoms with Gasteiger partial charge in [-0.3, -0.25) is 14.3 Å². The lowest BCUT2D eigenvalue weighted by atomic mass is 9.88. The van der Waals surface area contributed by atoms with Crippen molar-refractivity contribution >= 4 is 11.9 Å². The van der Waals surface area contributed by atoms with Crippen molar-refractivity contribution in [1.29, 1.82) is 0 Å². The van der Waals surface area contributed by atoms with Crippen molar-refractivity contribution in [3.8, 4) is 5.75 Å². The van der Waals surface area contributed by atoms with Gasteiger partial charge in [0.2, 0.25) is 0 Å². The van der Waals surface area contributed by atoms with E-state index in [1.807, 2.05) is 38.1 Å².